The monoisotopic (exact) mass is 347 g/mol. The number of anilines is 1. The Bertz CT molecular complexity index is 717. The van der Waals surface area contributed by atoms with E-state index < -0.39 is 23.6 Å². The van der Waals surface area contributed by atoms with Gasteiger partial charge in [0.05, 0.1) is 12.8 Å². The maximum absolute atomic E-state index is 12.9. The predicted octanol–water partition coefficient (Wildman–Crippen LogP) is 3.42. The van der Waals surface area contributed by atoms with Crippen LogP contribution in [0.3, 0.4) is 0 Å². The van der Waals surface area contributed by atoms with Crippen molar-refractivity contribution < 1.29 is 23.9 Å². The van der Waals surface area contributed by atoms with Gasteiger partial charge in [-0.1, -0.05) is 6.07 Å². The molecule has 1 aromatic rings. The van der Waals surface area contributed by atoms with Gasteiger partial charge >= 0.3 is 12.1 Å². The third kappa shape index (κ3) is 4.00. The lowest BCUT2D eigenvalue weighted by Crippen LogP contribution is -2.38. The van der Waals surface area contributed by atoms with E-state index in [1.54, 1.807) is 26.8 Å². The zero-order valence-electron chi connectivity index (χ0n) is 15.6. The topological polar surface area (TPSA) is 72.9 Å². The van der Waals surface area contributed by atoms with Crippen LogP contribution >= 0.6 is 0 Å². The van der Waals surface area contributed by atoms with Gasteiger partial charge in [-0.3, -0.25) is 14.5 Å². The first-order valence-corrected chi connectivity index (χ1v) is 8.29. The fourth-order valence-electron chi connectivity index (χ4n) is 3.06. The summed E-state index contributed by atoms with van der Waals surface area (Å²) in [6.07, 6.45) is -0.336. The van der Waals surface area contributed by atoms with Gasteiger partial charge in [0.1, 0.15) is 11.5 Å². The maximum atomic E-state index is 12.9. The largest absolute Gasteiger partial charge is 0.468 e. The number of carbonyl (C=O) groups is 3. The van der Waals surface area contributed by atoms with Crippen molar-refractivity contribution in [2.24, 2.45) is 5.92 Å². The molecule has 0 aliphatic carbocycles. The summed E-state index contributed by atoms with van der Waals surface area (Å²) < 4.78 is 10.3. The summed E-state index contributed by atoms with van der Waals surface area (Å²) >= 11 is 0. The molecule has 0 radical (unpaired) electrons. The van der Waals surface area contributed by atoms with Gasteiger partial charge in [0, 0.05) is 12.1 Å². The number of carbonyl (C=O) groups excluding carboxylic acids is 3. The number of fused-ring (bicyclic) bond motifs is 1. The van der Waals surface area contributed by atoms with Crippen LogP contribution < -0.4 is 4.90 Å². The van der Waals surface area contributed by atoms with Crippen LogP contribution in [0, 0.1) is 19.8 Å². The minimum atomic E-state index is -0.919. The van der Waals surface area contributed by atoms with Gasteiger partial charge in [-0.25, -0.2) is 4.79 Å². The average Bonchev–Trinajstić information content (AvgIpc) is 2.62. The maximum Gasteiger partial charge on any atom is 0.414 e. The molecule has 0 saturated carbocycles. The molecule has 0 aromatic heterocycles. The Morgan fingerprint density at radius 1 is 1.20 bits per heavy atom. The molecule has 6 heteroatoms. The number of nitrogens with zero attached hydrogens (tertiary/aromatic N) is 1. The second kappa shape index (κ2) is 6.86. The summed E-state index contributed by atoms with van der Waals surface area (Å²) in [7, 11) is 1.26. The molecule has 0 saturated heterocycles. The summed E-state index contributed by atoms with van der Waals surface area (Å²) in [5.74, 6) is -1.82. The predicted molar refractivity (Wildman–Crippen MR) is 93.9 cm³/mol. The molecule has 25 heavy (non-hydrogen) atoms. The minimum Gasteiger partial charge on any atom is -0.468 e. The molecule has 1 aliphatic heterocycles. The van der Waals surface area contributed by atoms with Crippen molar-refractivity contribution >= 4 is 23.5 Å². The van der Waals surface area contributed by atoms with E-state index in [0.29, 0.717) is 11.3 Å². The van der Waals surface area contributed by atoms with Crippen LogP contribution in [0.15, 0.2) is 12.1 Å². The third-order valence-electron chi connectivity index (χ3n) is 4.04. The van der Waals surface area contributed by atoms with Gasteiger partial charge in [-0.15, -0.1) is 0 Å². The van der Waals surface area contributed by atoms with E-state index in [1.165, 1.54) is 12.0 Å². The number of ether oxygens (including phenoxy) is 2. The van der Waals surface area contributed by atoms with Crippen LogP contribution in [0.2, 0.25) is 0 Å². The molecule has 6 nitrogen and oxygen atoms in total. The highest BCUT2D eigenvalue weighted by Gasteiger charge is 2.38. The normalized spacial score (nSPS) is 17.6. The van der Waals surface area contributed by atoms with E-state index in [0.717, 1.165) is 11.1 Å². The van der Waals surface area contributed by atoms with Gasteiger partial charge in [0.2, 0.25) is 0 Å². The smallest absolute Gasteiger partial charge is 0.414 e. The Hall–Kier alpha value is -2.37. The molecule has 1 amide bonds. The molecule has 1 aromatic carbocycles. The van der Waals surface area contributed by atoms with Crippen LogP contribution in [0.5, 0.6) is 0 Å². The number of hydrogen-bond donors (Lipinski definition) is 0. The number of rotatable bonds is 1. The van der Waals surface area contributed by atoms with E-state index >= 15 is 0 Å². The lowest BCUT2D eigenvalue weighted by atomic mass is 9.93. The Labute approximate surface area is 148 Å². The number of esters is 1. The lowest BCUT2D eigenvalue weighted by Gasteiger charge is -2.28. The highest BCUT2D eigenvalue weighted by Crippen LogP contribution is 2.34. The molecule has 0 N–H and O–H groups in total. The van der Waals surface area contributed by atoms with E-state index in [-0.39, 0.29) is 18.7 Å². The van der Waals surface area contributed by atoms with Crippen molar-refractivity contribution in [2.75, 3.05) is 18.6 Å². The molecule has 0 bridgehead atoms. The quantitative estimate of drug-likeness (QED) is 0.575. The Kier molecular flexibility index (Phi) is 5.20. The summed E-state index contributed by atoms with van der Waals surface area (Å²) in [6, 6.07) is 3.62. The summed E-state index contributed by atoms with van der Waals surface area (Å²) in [5, 5.41) is 0. The average molecular weight is 347 g/mol. The Morgan fingerprint density at radius 3 is 2.40 bits per heavy atom. The van der Waals surface area contributed by atoms with E-state index in [4.69, 9.17) is 9.47 Å². The second-order valence-electron chi connectivity index (χ2n) is 7.34. The van der Waals surface area contributed by atoms with Crippen molar-refractivity contribution in [2.45, 2.75) is 46.6 Å². The number of amides is 1. The number of ketones is 1. The van der Waals surface area contributed by atoms with Gasteiger partial charge in [-0.05, 0) is 58.2 Å². The zero-order chi connectivity index (χ0) is 18.9. The van der Waals surface area contributed by atoms with E-state index in [2.05, 4.69) is 0 Å². The molecule has 1 aliphatic rings. The van der Waals surface area contributed by atoms with Crippen LogP contribution in [-0.4, -0.2) is 37.1 Å². The van der Waals surface area contributed by atoms with Crippen molar-refractivity contribution in [3.8, 4) is 0 Å². The molecule has 0 fully saturated rings. The Balaban J connectivity index is 2.56. The number of aryl methyl sites for hydroxylation is 2. The zero-order valence-corrected chi connectivity index (χ0v) is 15.6. The van der Waals surface area contributed by atoms with Crippen molar-refractivity contribution in [1.82, 2.24) is 0 Å². The van der Waals surface area contributed by atoms with Gasteiger partial charge in [0.15, 0.2) is 5.78 Å². The highest BCUT2D eigenvalue weighted by molar-refractivity contribution is 6.14. The van der Waals surface area contributed by atoms with Gasteiger partial charge in [-0.2, -0.15) is 0 Å². The summed E-state index contributed by atoms with van der Waals surface area (Å²) in [5.41, 5.74) is 1.89. The molecular formula is C19H25NO5. The lowest BCUT2D eigenvalue weighted by molar-refractivity contribution is -0.143. The van der Waals surface area contributed by atoms with Gasteiger partial charge in [0.25, 0.3) is 0 Å². The van der Waals surface area contributed by atoms with Crippen LogP contribution in [0.25, 0.3) is 0 Å². The molecule has 0 spiro atoms. The SMILES string of the molecule is COC(=O)C1CCN(C(=O)OC(C)(C)C)c2c(C)cc(C)cc2C1=O. The fourth-order valence-corrected chi connectivity index (χ4v) is 3.06. The molecule has 2 rings (SSSR count). The first-order valence-electron chi connectivity index (χ1n) is 8.29. The van der Waals surface area contributed by atoms with Gasteiger partial charge < -0.3 is 9.47 Å². The summed E-state index contributed by atoms with van der Waals surface area (Å²) in [6.45, 7) is 9.28. The minimum absolute atomic E-state index is 0.192. The number of benzene rings is 1. The number of hydrogen-bond acceptors (Lipinski definition) is 5. The first-order chi connectivity index (χ1) is 11.5. The molecule has 1 unspecified atom stereocenters. The molecular weight excluding hydrogens is 322 g/mol. The van der Waals surface area contributed by atoms with Crippen molar-refractivity contribution in [1.29, 1.82) is 0 Å². The molecule has 1 heterocycles. The van der Waals surface area contributed by atoms with Crippen LogP contribution in [0.1, 0.15) is 48.7 Å². The van der Waals surface area contributed by atoms with E-state index in [9.17, 15) is 14.4 Å². The fraction of sp³-hybridized carbons (Fsp3) is 0.526. The second-order valence-corrected chi connectivity index (χ2v) is 7.34. The molecule has 1 atom stereocenters. The summed E-state index contributed by atoms with van der Waals surface area (Å²) in [4.78, 5) is 39.1. The van der Waals surface area contributed by atoms with Crippen LogP contribution in [0.4, 0.5) is 10.5 Å². The van der Waals surface area contributed by atoms with Crippen molar-refractivity contribution in [3.05, 3.63) is 28.8 Å². The number of Topliss-reactive ketones (excluding diaryl/α,β-unsaturated/α-hetero) is 1. The number of methoxy groups -OCH3 is 1. The van der Waals surface area contributed by atoms with Crippen molar-refractivity contribution in [3.63, 3.8) is 0 Å². The Morgan fingerprint density at radius 2 is 1.84 bits per heavy atom. The molecule has 136 valence electrons. The standard InChI is InChI=1S/C19H25NO5/c1-11-9-12(2)15-14(10-11)16(21)13(17(22)24-6)7-8-20(15)18(23)25-19(3,4)5/h9-10,13H,7-8H2,1-6H3. The van der Waals surface area contributed by atoms with E-state index in [1.807, 2.05) is 19.9 Å². The first kappa shape index (κ1) is 19.0. The third-order valence-corrected chi connectivity index (χ3v) is 4.04. The van der Waals surface area contributed by atoms with Crippen LogP contribution in [-0.2, 0) is 14.3 Å². The highest BCUT2D eigenvalue weighted by atomic mass is 16.6.